The molecule has 3 N–H and O–H groups in total. The summed E-state index contributed by atoms with van der Waals surface area (Å²) in [5.74, 6) is 1.26. The summed E-state index contributed by atoms with van der Waals surface area (Å²) in [7, 11) is -1.33. The molecule has 3 aliphatic heterocycles. The Morgan fingerprint density at radius 3 is 2.42 bits per heavy atom. The van der Waals surface area contributed by atoms with E-state index in [1.807, 2.05) is 12.1 Å². The summed E-state index contributed by atoms with van der Waals surface area (Å²) >= 11 is 13.2. The lowest BCUT2D eigenvalue weighted by atomic mass is 10.0. The van der Waals surface area contributed by atoms with Crippen molar-refractivity contribution in [2.24, 2.45) is 0 Å². The summed E-state index contributed by atoms with van der Waals surface area (Å²) in [6.07, 6.45) is 5.57. The van der Waals surface area contributed by atoms with Crippen LogP contribution >= 0.6 is 23.2 Å². The van der Waals surface area contributed by atoms with Crippen molar-refractivity contribution in [3.05, 3.63) is 52.1 Å². The average molecular weight is 648 g/mol. The first-order valence-electron chi connectivity index (χ1n) is 14.4. The minimum absolute atomic E-state index is 0.263. The maximum absolute atomic E-state index is 12.0. The summed E-state index contributed by atoms with van der Waals surface area (Å²) in [5, 5.41) is 7.15. The topological polar surface area (TPSA) is 115 Å². The SMILES string of the molecule is CN1CCN(C2CCN(c3ccc(Nc4ncc(Cl)c(Nc5cc6c(cc5NS(C)(=O)=O)CCO6)n4)c(Cl)c3)CC2)CC1. The Morgan fingerprint density at radius 1 is 0.930 bits per heavy atom. The Balaban J connectivity index is 1.14. The number of anilines is 6. The van der Waals surface area contributed by atoms with E-state index in [1.165, 1.54) is 6.20 Å². The number of nitrogens with one attached hydrogen (secondary N) is 3. The van der Waals surface area contributed by atoms with Crippen molar-refractivity contribution >= 4 is 67.7 Å². The van der Waals surface area contributed by atoms with E-state index in [0.717, 1.165) is 69.6 Å². The Labute approximate surface area is 262 Å². The Bertz CT molecular complexity index is 1590. The van der Waals surface area contributed by atoms with Gasteiger partial charge in [0.25, 0.3) is 0 Å². The van der Waals surface area contributed by atoms with Crippen molar-refractivity contribution in [3.63, 3.8) is 0 Å². The van der Waals surface area contributed by atoms with Crippen LogP contribution in [0.15, 0.2) is 36.5 Å². The molecule has 230 valence electrons. The third kappa shape index (κ3) is 7.21. The van der Waals surface area contributed by atoms with Gasteiger partial charge in [0.05, 0.1) is 41.1 Å². The highest BCUT2D eigenvalue weighted by Gasteiger charge is 2.27. The van der Waals surface area contributed by atoms with Crippen LogP contribution in [0.5, 0.6) is 5.75 Å². The van der Waals surface area contributed by atoms with Gasteiger partial charge in [-0.05, 0) is 49.7 Å². The number of sulfonamides is 1. The van der Waals surface area contributed by atoms with Gasteiger partial charge in [0.2, 0.25) is 16.0 Å². The van der Waals surface area contributed by atoms with Gasteiger partial charge < -0.3 is 25.2 Å². The van der Waals surface area contributed by atoms with Crippen molar-refractivity contribution in [3.8, 4) is 5.75 Å². The van der Waals surface area contributed by atoms with E-state index in [0.29, 0.717) is 52.7 Å². The molecule has 14 heteroatoms. The lowest BCUT2D eigenvalue weighted by molar-refractivity contribution is 0.0982. The fraction of sp³-hybridized carbons (Fsp3) is 0.448. The molecule has 6 rings (SSSR count). The maximum atomic E-state index is 12.0. The smallest absolute Gasteiger partial charge is 0.229 e. The minimum Gasteiger partial charge on any atom is -0.493 e. The number of hydrogen-bond donors (Lipinski definition) is 3. The molecule has 2 saturated heterocycles. The van der Waals surface area contributed by atoms with Crippen molar-refractivity contribution in [1.29, 1.82) is 0 Å². The molecule has 4 heterocycles. The van der Waals surface area contributed by atoms with Gasteiger partial charge in [0, 0.05) is 63.5 Å². The Kier molecular flexibility index (Phi) is 8.74. The quantitative estimate of drug-likeness (QED) is 0.315. The molecule has 2 fully saturated rings. The largest absolute Gasteiger partial charge is 0.493 e. The third-order valence-electron chi connectivity index (χ3n) is 8.21. The van der Waals surface area contributed by atoms with Crippen molar-refractivity contribution < 1.29 is 13.2 Å². The summed E-state index contributed by atoms with van der Waals surface area (Å²) in [4.78, 5) is 16.3. The van der Waals surface area contributed by atoms with Crippen LogP contribution in [0, 0.1) is 0 Å². The molecule has 43 heavy (non-hydrogen) atoms. The number of likely N-dealkylation sites (N-methyl/N-ethyl adjacent to an activating group) is 1. The van der Waals surface area contributed by atoms with Crippen molar-refractivity contribution in [1.82, 2.24) is 19.8 Å². The zero-order chi connectivity index (χ0) is 30.1. The zero-order valence-corrected chi connectivity index (χ0v) is 26.6. The first-order valence-corrected chi connectivity index (χ1v) is 17.1. The van der Waals surface area contributed by atoms with Crippen LogP contribution in [0.2, 0.25) is 10.0 Å². The Morgan fingerprint density at radius 2 is 1.70 bits per heavy atom. The number of fused-ring (bicyclic) bond motifs is 1. The highest BCUT2D eigenvalue weighted by Crippen LogP contribution is 2.38. The van der Waals surface area contributed by atoms with Crippen LogP contribution in [0.3, 0.4) is 0 Å². The van der Waals surface area contributed by atoms with Gasteiger partial charge in [-0.2, -0.15) is 4.98 Å². The molecule has 0 amide bonds. The molecule has 0 atom stereocenters. The molecule has 3 aliphatic rings. The highest BCUT2D eigenvalue weighted by atomic mass is 35.5. The second-order valence-electron chi connectivity index (χ2n) is 11.3. The second-order valence-corrected chi connectivity index (χ2v) is 13.9. The standard InChI is InChI=1S/C29H36Cl2N8O3S/c1-37-10-12-39(13-11-37)20-5-8-38(9-6-20)21-3-4-24(22(30)16-21)34-29-32-18-23(31)28(35-29)33-25-17-27-19(7-14-42-27)15-26(25)36-43(2,40)41/h3-4,15-18,20,36H,5-14H2,1-2H3,(H2,32,33,34,35). The fourth-order valence-electron chi connectivity index (χ4n) is 5.85. The van der Waals surface area contributed by atoms with Gasteiger partial charge >= 0.3 is 0 Å². The Hall–Kier alpha value is -3.03. The molecule has 11 nitrogen and oxygen atoms in total. The molecular formula is C29H36Cl2N8O3S. The number of piperidine rings is 1. The number of hydrogen-bond acceptors (Lipinski definition) is 10. The average Bonchev–Trinajstić information content (AvgIpc) is 3.43. The number of aromatic nitrogens is 2. The van der Waals surface area contributed by atoms with E-state index in [1.54, 1.807) is 12.1 Å². The van der Waals surface area contributed by atoms with Crippen molar-refractivity contribution in [2.75, 3.05) is 79.4 Å². The molecule has 0 spiro atoms. The first-order chi connectivity index (χ1) is 20.6. The van der Waals surface area contributed by atoms with Crippen LogP contribution in [0.4, 0.5) is 34.5 Å². The molecule has 0 saturated carbocycles. The number of ether oxygens (including phenoxy) is 1. The number of halogens is 2. The lowest BCUT2D eigenvalue weighted by Crippen LogP contribution is -2.52. The monoisotopic (exact) mass is 646 g/mol. The molecule has 3 aromatic rings. The summed E-state index contributed by atoms with van der Waals surface area (Å²) in [5.41, 5.74) is 3.51. The molecule has 0 unspecified atom stereocenters. The van der Waals surface area contributed by atoms with E-state index in [-0.39, 0.29) is 11.0 Å². The number of benzene rings is 2. The van der Waals surface area contributed by atoms with E-state index in [2.05, 4.69) is 53.1 Å². The molecular weight excluding hydrogens is 611 g/mol. The predicted octanol–water partition coefficient (Wildman–Crippen LogP) is 4.79. The fourth-order valence-corrected chi connectivity index (χ4v) is 6.78. The molecule has 0 radical (unpaired) electrons. The normalized spacial score (nSPS) is 18.3. The minimum atomic E-state index is -3.53. The maximum Gasteiger partial charge on any atom is 0.229 e. The van der Waals surface area contributed by atoms with Gasteiger partial charge in [-0.1, -0.05) is 23.2 Å². The summed E-state index contributed by atoms with van der Waals surface area (Å²) in [6.45, 7) is 7.12. The van der Waals surface area contributed by atoms with Crippen molar-refractivity contribution in [2.45, 2.75) is 25.3 Å². The van der Waals surface area contributed by atoms with E-state index < -0.39 is 10.0 Å². The predicted molar refractivity (Wildman–Crippen MR) is 173 cm³/mol. The number of nitrogens with zero attached hydrogens (tertiary/aromatic N) is 5. The number of piperazine rings is 1. The van der Waals surface area contributed by atoms with Gasteiger partial charge in [0.1, 0.15) is 10.8 Å². The third-order valence-corrected chi connectivity index (χ3v) is 9.39. The van der Waals surface area contributed by atoms with Crippen LogP contribution < -0.4 is 25.0 Å². The van der Waals surface area contributed by atoms with E-state index in [9.17, 15) is 8.42 Å². The van der Waals surface area contributed by atoms with Gasteiger partial charge in [-0.15, -0.1) is 0 Å². The van der Waals surface area contributed by atoms with Gasteiger partial charge in [0.15, 0.2) is 5.82 Å². The molecule has 0 aliphatic carbocycles. The molecule has 0 bridgehead atoms. The molecule has 1 aromatic heterocycles. The number of rotatable bonds is 8. The van der Waals surface area contributed by atoms with Crippen LogP contribution in [0.1, 0.15) is 18.4 Å². The highest BCUT2D eigenvalue weighted by molar-refractivity contribution is 7.92. The second kappa shape index (κ2) is 12.5. The summed E-state index contributed by atoms with van der Waals surface area (Å²) < 4.78 is 32.3. The first kappa shape index (κ1) is 30.0. The van der Waals surface area contributed by atoms with Crippen LogP contribution in [0.25, 0.3) is 0 Å². The van der Waals surface area contributed by atoms with E-state index >= 15 is 0 Å². The van der Waals surface area contributed by atoms with Gasteiger partial charge in [-0.3, -0.25) is 9.62 Å². The van der Waals surface area contributed by atoms with Crippen LogP contribution in [-0.2, 0) is 16.4 Å². The summed E-state index contributed by atoms with van der Waals surface area (Å²) in [6, 6.07) is 10.1. The van der Waals surface area contributed by atoms with E-state index in [4.69, 9.17) is 27.9 Å². The lowest BCUT2D eigenvalue weighted by Gasteiger charge is -2.42. The van der Waals surface area contributed by atoms with Gasteiger partial charge in [-0.25, -0.2) is 13.4 Å². The zero-order valence-electron chi connectivity index (χ0n) is 24.2. The molecule has 2 aromatic carbocycles. The van der Waals surface area contributed by atoms with Crippen LogP contribution in [-0.4, -0.2) is 93.4 Å².